The Hall–Kier alpha value is -6.91. The highest BCUT2D eigenvalue weighted by Crippen LogP contribution is 2.48. The zero-order valence-corrected chi connectivity index (χ0v) is 36.0. The summed E-state index contributed by atoms with van der Waals surface area (Å²) in [6.45, 7) is 14.7. The average molecular weight is 793 g/mol. The van der Waals surface area contributed by atoms with Gasteiger partial charge >= 0.3 is 0 Å². The van der Waals surface area contributed by atoms with Crippen molar-refractivity contribution in [1.82, 2.24) is 9.55 Å². The van der Waals surface area contributed by atoms with Gasteiger partial charge in [0.2, 0.25) is 0 Å². The van der Waals surface area contributed by atoms with Crippen LogP contribution in [0.3, 0.4) is 0 Å². The number of anilines is 4. The lowest BCUT2D eigenvalue weighted by molar-refractivity contribution is 0.590. The number of hydrogen-bond donors (Lipinski definition) is 0. The molecule has 0 atom stereocenters. The molecule has 0 saturated carbocycles. The summed E-state index contributed by atoms with van der Waals surface area (Å²) in [7, 11) is 0. The molecule has 4 nitrogen and oxygen atoms in total. The Labute approximate surface area is 360 Å². The average Bonchev–Trinajstić information content (AvgIpc) is 3.85. The van der Waals surface area contributed by atoms with Crippen LogP contribution in [-0.2, 0) is 16.2 Å². The van der Waals surface area contributed by atoms with Gasteiger partial charge in [-0.2, -0.15) is 0 Å². The summed E-state index contributed by atoms with van der Waals surface area (Å²) in [6.07, 6.45) is 1.98. The Morgan fingerprint density at radius 2 is 1.00 bits per heavy atom. The molecule has 0 saturated heterocycles. The highest BCUT2D eigenvalue weighted by molar-refractivity contribution is 6.09. The van der Waals surface area contributed by atoms with E-state index < -0.39 is 0 Å². The first-order valence-electron chi connectivity index (χ1n) is 21.5. The van der Waals surface area contributed by atoms with Gasteiger partial charge in [0.15, 0.2) is 0 Å². The third-order valence-corrected chi connectivity index (χ3v) is 13.3. The van der Waals surface area contributed by atoms with E-state index in [0.29, 0.717) is 0 Å². The fraction of sp³-hybridized carbons (Fsp3) is 0.175. The number of aromatic nitrogens is 2. The van der Waals surface area contributed by atoms with E-state index in [1.165, 1.54) is 66.9 Å². The summed E-state index contributed by atoms with van der Waals surface area (Å²) < 4.78 is 2.37. The Kier molecular flexibility index (Phi) is 9.21. The van der Waals surface area contributed by atoms with E-state index in [1.54, 1.807) is 0 Å². The van der Waals surface area contributed by atoms with Crippen LogP contribution in [0.25, 0.3) is 27.6 Å². The van der Waals surface area contributed by atoms with Gasteiger partial charge in [0.25, 0.3) is 0 Å². The van der Waals surface area contributed by atoms with E-state index in [-0.39, 0.29) is 16.2 Å². The van der Waals surface area contributed by atoms with E-state index in [9.17, 15) is 0 Å². The predicted molar refractivity (Wildman–Crippen MR) is 256 cm³/mol. The van der Waals surface area contributed by atoms with Crippen molar-refractivity contribution >= 4 is 44.6 Å². The van der Waals surface area contributed by atoms with E-state index in [0.717, 1.165) is 23.5 Å². The lowest BCUT2D eigenvalue weighted by Gasteiger charge is -2.32. The highest BCUT2D eigenvalue weighted by Gasteiger charge is 2.34. The standard InChI is InChI=1S/C57H52N4/c1-55(2,3)48-27-14-16-29-50(48)60-39-59(51-30-17-18-31-52(51)60)45-25-19-24-42(36-45)56(4,5)43-32-33-47-46-26-13-15-28-49(46)61(53(47)37-43)54-38-44(34-35-58-54)57(6,40-20-9-7-10-21-40)41-22-11-8-12-23-41/h7-38H,39H2,1-6H3. The molecule has 61 heavy (non-hydrogen) atoms. The summed E-state index contributed by atoms with van der Waals surface area (Å²) >= 11 is 0. The highest BCUT2D eigenvalue weighted by atomic mass is 15.4. The molecule has 1 aliphatic rings. The summed E-state index contributed by atoms with van der Waals surface area (Å²) in [5.74, 6) is 0.907. The smallest absolute Gasteiger partial charge is 0.137 e. The largest absolute Gasteiger partial charge is 0.321 e. The van der Waals surface area contributed by atoms with Crippen LogP contribution >= 0.6 is 0 Å². The zero-order valence-electron chi connectivity index (χ0n) is 36.0. The summed E-state index contributed by atoms with van der Waals surface area (Å²) in [5.41, 5.74) is 14.0. The minimum atomic E-state index is -0.389. The number of benzene rings is 7. The lowest BCUT2D eigenvalue weighted by atomic mass is 9.71. The van der Waals surface area contributed by atoms with Gasteiger partial charge in [0.05, 0.1) is 22.4 Å². The normalized spacial score (nSPS) is 13.3. The van der Waals surface area contributed by atoms with Crippen LogP contribution in [0.15, 0.2) is 194 Å². The second-order valence-corrected chi connectivity index (χ2v) is 18.3. The quantitative estimate of drug-likeness (QED) is 0.153. The first kappa shape index (κ1) is 38.3. The Morgan fingerprint density at radius 3 is 1.70 bits per heavy atom. The van der Waals surface area contributed by atoms with Crippen LogP contribution in [0.1, 0.15) is 74.9 Å². The molecule has 0 amide bonds. The third-order valence-electron chi connectivity index (χ3n) is 13.3. The fourth-order valence-electron chi connectivity index (χ4n) is 9.71. The van der Waals surface area contributed by atoms with Crippen LogP contribution in [0, 0.1) is 0 Å². The molecule has 300 valence electrons. The van der Waals surface area contributed by atoms with Gasteiger partial charge in [-0.25, -0.2) is 4.98 Å². The first-order chi connectivity index (χ1) is 29.5. The van der Waals surface area contributed by atoms with Crippen molar-refractivity contribution < 1.29 is 0 Å². The van der Waals surface area contributed by atoms with E-state index in [4.69, 9.17) is 4.98 Å². The van der Waals surface area contributed by atoms with Gasteiger partial charge < -0.3 is 9.80 Å². The molecule has 2 aromatic heterocycles. The molecule has 0 bridgehead atoms. The second kappa shape index (κ2) is 14.7. The Balaban J connectivity index is 1.06. The molecule has 4 heteroatoms. The lowest BCUT2D eigenvalue weighted by Crippen LogP contribution is -2.27. The summed E-state index contributed by atoms with van der Waals surface area (Å²) in [5, 5.41) is 2.43. The van der Waals surface area contributed by atoms with Crippen LogP contribution < -0.4 is 9.80 Å². The van der Waals surface area contributed by atoms with Crippen molar-refractivity contribution in [2.24, 2.45) is 0 Å². The molecule has 3 heterocycles. The van der Waals surface area contributed by atoms with E-state index >= 15 is 0 Å². The van der Waals surface area contributed by atoms with Crippen LogP contribution in [-0.4, -0.2) is 16.2 Å². The fourth-order valence-corrected chi connectivity index (χ4v) is 9.71. The van der Waals surface area contributed by atoms with Crippen LogP contribution in [0.4, 0.5) is 22.7 Å². The van der Waals surface area contributed by atoms with Gasteiger partial charge in [0, 0.05) is 39.2 Å². The number of nitrogens with zero attached hydrogens (tertiary/aromatic N) is 4. The Bertz CT molecular complexity index is 3000. The Morgan fingerprint density at radius 1 is 0.426 bits per heavy atom. The van der Waals surface area contributed by atoms with Gasteiger partial charge in [-0.1, -0.05) is 168 Å². The molecule has 9 aromatic rings. The number of pyridine rings is 1. The molecule has 0 aliphatic carbocycles. The predicted octanol–water partition coefficient (Wildman–Crippen LogP) is 14.4. The van der Waals surface area contributed by atoms with Crippen molar-refractivity contribution in [3.8, 4) is 5.82 Å². The molecule has 1 aliphatic heterocycles. The molecule has 0 N–H and O–H groups in total. The van der Waals surface area contributed by atoms with Gasteiger partial charge in [-0.15, -0.1) is 0 Å². The molecule has 7 aromatic carbocycles. The number of hydrogen-bond acceptors (Lipinski definition) is 3. The molecule has 0 unspecified atom stereocenters. The first-order valence-corrected chi connectivity index (χ1v) is 21.5. The van der Waals surface area contributed by atoms with Gasteiger partial charge in [0.1, 0.15) is 12.5 Å². The molecule has 0 radical (unpaired) electrons. The van der Waals surface area contributed by atoms with Gasteiger partial charge in [-0.3, -0.25) is 4.57 Å². The molecule has 0 fully saturated rings. The van der Waals surface area contributed by atoms with Crippen molar-refractivity contribution in [3.63, 3.8) is 0 Å². The number of rotatable bonds is 8. The third kappa shape index (κ3) is 6.40. The number of para-hydroxylation sites is 4. The topological polar surface area (TPSA) is 24.3 Å². The monoisotopic (exact) mass is 792 g/mol. The van der Waals surface area contributed by atoms with Crippen molar-refractivity contribution in [3.05, 3.63) is 228 Å². The minimum absolute atomic E-state index is 0.0134. The maximum absolute atomic E-state index is 5.11. The maximum atomic E-state index is 5.11. The second-order valence-electron chi connectivity index (χ2n) is 18.3. The van der Waals surface area contributed by atoms with E-state index in [1.807, 2.05) is 6.20 Å². The van der Waals surface area contributed by atoms with E-state index in [2.05, 4.69) is 244 Å². The van der Waals surface area contributed by atoms with Crippen molar-refractivity contribution in [1.29, 1.82) is 0 Å². The molecular formula is C57H52N4. The SMILES string of the molecule is CC(C)(C)c1ccccc1N1CN(c2cccc(C(C)(C)c3ccc4c5ccccc5n(-c5cc(C(C)(c6ccccc6)c6ccccc6)ccn5)c4c3)c2)c2ccccc21. The van der Waals surface area contributed by atoms with Crippen molar-refractivity contribution in [2.45, 2.75) is 57.8 Å². The molecule has 0 spiro atoms. The molecular weight excluding hydrogens is 741 g/mol. The minimum Gasteiger partial charge on any atom is -0.321 e. The zero-order chi connectivity index (χ0) is 41.9. The maximum Gasteiger partial charge on any atom is 0.137 e. The van der Waals surface area contributed by atoms with Gasteiger partial charge in [-0.05, 0) is 100 Å². The summed E-state index contributed by atoms with van der Waals surface area (Å²) in [6, 6.07) is 68.8. The van der Waals surface area contributed by atoms with Crippen molar-refractivity contribution in [2.75, 3.05) is 16.5 Å². The number of fused-ring (bicyclic) bond motifs is 4. The summed E-state index contributed by atoms with van der Waals surface area (Å²) in [4.78, 5) is 10.1. The van der Waals surface area contributed by atoms with Crippen LogP contribution in [0.5, 0.6) is 0 Å². The van der Waals surface area contributed by atoms with Crippen LogP contribution in [0.2, 0.25) is 0 Å². The molecule has 10 rings (SSSR count).